The average Bonchev–Trinajstić information content (AvgIpc) is 3.29. The van der Waals surface area contributed by atoms with Crippen LogP contribution < -0.4 is 18.9 Å². The fraction of sp³-hybridized carbons (Fsp3) is 0.381. The van der Waals surface area contributed by atoms with Gasteiger partial charge in [0.25, 0.3) is 0 Å². The first-order valence-electron chi connectivity index (χ1n) is 9.21. The Labute approximate surface area is 174 Å². The van der Waals surface area contributed by atoms with Gasteiger partial charge in [0.05, 0.1) is 20.3 Å². The molecule has 0 aromatic heterocycles. The van der Waals surface area contributed by atoms with Gasteiger partial charge in [-0.15, -0.1) is 12.4 Å². The maximum Gasteiger partial charge on any atom is 0.343 e. The molecule has 2 aromatic rings. The molecule has 0 saturated heterocycles. The number of hydrogen-bond acceptors (Lipinski definition) is 7. The van der Waals surface area contributed by atoms with Gasteiger partial charge < -0.3 is 23.7 Å². The minimum Gasteiger partial charge on any atom is -0.493 e. The highest BCUT2D eigenvalue weighted by molar-refractivity contribution is 5.98. The molecule has 0 amide bonds. The summed E-state index contributed by atoms with van der Waals surface area (Å²) in [6.07, 6.45) is 0.463. The Morgan fingerprint density at radius 3 is 2.55 bits per heavy atom. The molecule has 0 spiro atoms. The van der Waals surface area contributed by atoms with Crippen molar-refractivity contribution in [2.24, 2.45) is 0 Å². The van der Waals surface area contributed by atoms with Crippen molar-refractivity contribution >= 4 is 18.4 Å². The van der Waals surface area contributed by atoms with E-state index < -0.39 is 12.1 Å². The molecule has 7 nitrogen and oxygen atoms in total. The Hall–Kier alpha value is -2.64. The summed E-state index contributed by atoms with van der Waals surface area (Å²) in [5.41, 5.74) is 3.54. The van der Waals surface area contributed by atoms with Gasteiger partial charge in [0.2, 0.25) is 6.79 Å². The number of hydrogen-bond donors (Lipinski definition) is 0. The number of benzene rings is 2. The number of rotatable bonds is 3. The number of methoxy groups -OCH3 is 2. The highest BCUT2D eigenvalue weighted by Gasteiger charge is 2.44. The van der Waals surface area contributed by atoms with Crippen molar-refractivity contribution in [2.45, 2.75) is 18.6 Å². The predicted octanol–water partition coefficient (Wildman–Crippen LogP) is 3.30. The van der Waals surface area contributed by atoms with Crippen molar-refractivity contribution in [3.05, 3.63) is 46.5 Å². The molecule has 0 bridgehead atoms. The van der Waals surface area contributed by atoms with Crippen LogP contribution >= 0.6 is 12.4 Å². The zero-order chi connectivity index (χ0) is 19.4. The molecule has 3 aliphatic heterocycles. The van der Waals surface area contributed by atoms with Gasteiger partial charge in [-0.2, -0.15) is 0 Å². The molecule has 0 unspecified atom stereocenters. The highest BCUT2D eigenvalue weighted by atomic mass is 35.5. The number of esters is 1. The zero-order valence-corrected chi connectivity index (χ0v) is 17.2. The van der Waals surface area contributed by atoms with Crippen LogP contribution in [0.2, 0.25) is 0 Å². The number of fused-ring (bicyclic) bond motifs is 3. The van der Waals surface area contributed by atoms with Crippen LogP contribution in [0.25, 0.3) is 0 Å². The molecule has 0 fully saturated rings. The largest absolute Gasteiger partial charge is 0.493 e. The van der Waals surface area contributed by atoms with Crippen LogP contribution in [-0.2, 0) is 11.2 Å². The zero-order valence-electron chi connectivity index (χ0n) is 16.4. The summed E-state index contributed by atoms with van der Waals surface area (Å²) in [5.74, 6) is 2.04. The fourth-order valence-corrected chi connectivity index (χ4v) is 4.42. The first kappa shape index (κ1) is 19.7. The average molecular weight is 420 g/mol. The van der Waals surface area contributed by atoms with Crippen molar-refractivity contribution in [1.29, 1.82) is 0 Å². The van der Waals surface area contributed by atoms with E-state index in [0.717, 1.165) is 35.6 Å². The quantitative estimate of drug-likeness (QED) is 0.707. The van der Waals surface area contributed by atoms with Crippen molar-refractivity contribution in [3.8, 4) is 23.0 Å². The Balaban J connectivity index is 0.00000205. The van der Waals surface area contributed by atoms with E-state index in [0.29, 0.717) is 17.1 Å². The summed E-state index contributed by atoms with van der Waals surface area (Å²) in [5, 5.41) is 0. The Bertz CT molecular complexity index is 978. The van der Waals surface area contributed by atoms with Crippen molar-refractivity contribution in [3.63, 3.8) is 0 Å². The molecule has 8 heteroatoms. The van der Waals surface area contributed by atoms with Crippen LogP contribution in [0.15, 0.2) is 24.3 Å². The molecule has 2 aromatic carbocycles. The van der Waals surface area contributed by atoms with Gasteiger partial charge in [0.1, 0.15) is 11.7 Å². The lowest BCUT2D eigenvalue weighted by molar-refractivity contribution is 0.00935. The molecular formula is C21H22ClNO6. The van der Waals surface area contributed by atoms with Gasteiger partial charge >= 0.3 is 5.97 Å². The van der Waals surface area contributed by atoms with Crippen LogP contribution in [0.5, 0.6) is 23.0 Å². The lowest BCUT2D eigenvalue weighted by Gasteiger charge is -2.37. The van der Waals surface area contributed by atoms with Crippen molar-refractivity contribution in [1.82, 2.24) is 4.90 Å². The molecule has 2 atom stereocenters. The molecule has 0 aliphatic carbocycles. The lowest BCUT2D eigenvalue weighted by atomic mass is 9.86. The van der Waals surface area contributed by atoms with Gasteiger partial charge in [-0.3, -0.25) is 4.90 Å². The van der Waals surface area contributed by atoms with E-state index in [9.17, 15) is 4.79 Å². The van der Waals surface area contributed by atoms with Gasteiger partial charge in [-0.1, -0.05) is 6.07 Å². The SMILES string of the molecule is COc1ccc2c(c1OC)C(=O)O[C@@H]2[C@H]1c2cc3c(cc2CCN1C)OCO3.Cl. The molecule has 3 heterocycles. The number of carbonyl (C=O) groups excluding carboxylic acids is 1. The number of carbonyl (C=O) groups is 1. The van der Waals surface area contributed by atoms with E-state index in [1.54, 1.807) is 7.11 Å². The molecule has 154 valence electrons. The number of ether oxygens (including phenoxy) is 5. The topological polar surface area (TPSA) is 66.5 Å². The van der Waals surface area contributed by atoms with E-state index in [1.165, 1.54) is 12.7 Å². The van der Waals surface area contributed by atoms with Gasteiger partial charge in [-0.25, -0.2) is 4.79 Å². The van der Waals surface area contributed by atoms with E-state index >= 15 is 0 Å². The highest BCUT2D eigenvalue weighted by Crippen LogP contribution is 2.50. The Kier molecular flexibility index (Phi) is 4.96. The van der Waals surface area contributed by atoms with Gasteiger partial charge in [-0.05, 0) is 42.8 Å². The van der Waals surface area contributed by atoms with Gasteiger partial charge in [0.15, 0.2) is 23.0 Å². The summed E-state index contributed by atoms with van der Waals surface area (Å²) in [6.45, 7) is 1.09. The number of likely N-dealkylation sites (N-methyl/N-ethyl adjacent to an activating group) is 1. The molecule has 29 heavy (non-hydrogen) atoms. The predicted molar refractivity (Wildman–Crippen MR) is 107 cm³/mol. The first-order valence-corrected chi connectivity index (χ1v) is 9.21. The summed E-state index contributed by atoms with van der Waals surface area (Å²) in [7, 11) is 5.13. The summed E-state index contributed by atoms with van der Waals surface area (Å²) in [6, 6.07) is 7.65. The molecular weight excluding hydrogens is 398 g/mol. The number of cyclic esters (lactones) is 1. The standard InChI is InChI=1S/C21H21NO6.ClH/c1-22-7-6-11-8-15-16(27-10-26-15)9-13(11)18(22)19-12-4-5-14(24-2)20(25-3)17(12)21(23)28-19;/h4-5,8-9,18-19H,6-7,10H2,1-3H3;1H/t18-,19+;/m1./s1. The first-order chi connectivity index (χ1) is 13.6. The second-order valence-electron chi connectivity index (χ2n) is 7.17. The van der Waals surface area contributed by atoms with Crippen LogP contribution in [0.3, 0.4) is 0 Å². The van der Waals surface area contributed by atoms with Crippen LogP contribution in [0.1, 0.15) is 39.2 Å². The maximum absolute atomic E-state index is 12.8. The number of halogens is 1. The van der Waals surface area contributed by atoms with Crippen LogP contribution in [0.4, 0.5) is 0 Å². The maximum atomic E-state index is 12.8. The third kappa shape index (κ3) is 2.88. The summed E-state index contributed by atoms with van der Waals surface area (Å²) < 4.78 is 27.8. The molecule has 0 N–H and O–H groups in total. The Morgan fingerprint density at radius 1 is 1.07 bits per heavy atom. The second kappa shape index (κ2) is 7.31. The monoisotopic (exact) mass is 419 g/mol. The third-order valence-corrected chi connectivity index (χ3v) is 5.77. The van der Waals surface area contributed by atoms with E-state index in [1.807, 2.05) is 31.3 Å². The van der Waals surface area contributed by atoms with Crippen molar-refractivity contribution < 1.29 is 28.5 Å². The minimum atomic E-state index is -0.438. The lowest BCUT2D eigenvalue weighted by Crippen LogP contribution is -2.36. The number of nitrogens with zero attached hydrogens (tertiary/aromatic N) is 1. The molecule has 0 saturated carbocycles. The smallest absolute Gasteiger partial charge is 0.343 e. The van der Waals surface area contributed by atoms with Crippen LogP contribution in [-0.4, -0.2) is 45.5 Å². The Morgan fingerprint density at radius 2 is 1.83 bits per heavy atom. The summed E-state index contributed by atoms with van der Waals surface area (Å²) in [4.78, 5) is 15.0. The van der Waals surface area contributed by atoms with Crippen molar-refractivity contribution in [2.75, 3.05) is 34.6 Å². The van der Waals surface area contributed by atoms with Crippen LogP contribution in [0, 0.1) is 0 Å². The van der Waals surface area contributed by atoms with E-state index in [-0.39, 0.29) is 25.2 Å². The third-order valence-electron chi connectivity index (χ3n) is 5.77. The fourth-order valence-electron chi connectivity index (χ4n) is 4.42. The van der Waals surface area contributed by atoms with Gasteiger partial charge in [0, 0.05) is 12.1 Å². The minimum absolute atomic E-state index is 0. The van der Waals surface area contributed by atoms with E-state index in [2.05, 4.69) is 4.90 Å². The second-order valence-corrected chi connectivity index (χ2v) is 7.17. The molecule has 3 aliphatic rings. The molecule has 0 radical (unpaired) electrons. The molecule has 5 rings (SSSR count). The summed E-state index contributed by atoms with van der Waals surface area (Å²) >= 11 is 0. The van der Waals surface area contributed by atoms with E-state index in [4.69, 9.17) is 23.7 Å². The normalized spacial score (nSPS) is 21.7.